The molecule has 0 aliphatic heterocycles. The van der Waals surface area contributed by atoms with Gasteiger partial charge in [0.05, 0.1) is 18.1 Å². The summed E-state index contributed by atoms with van der Waals surface area (Å²) < 4.78 is 5.18. The summed E-state index contributed by atoms with van der Waals surface area (Å²) in [6.07, 6.45) is 5.42. The first-order valence-electron chi connectivity index (χ1n) is 7.31. The molecule has 0 fully saturated rings. The van der Waals surface area contributed by atoms with E-state index in [-0.39, 0.29) is 11.2 Å². The summed E-state index contributed by atoms with van der Waals surface area (Å²) in [6.45, 7) is 2.19. The summed E-state index contributed by atoms with van der Waals surface area (Å²) in [5.74, 6) is 1.30. The zero-order valence-corrected chi connectivity index (χ0v) is 14.6. The number of aromatic amines is 1. The van der Waals surface area contributed by atoms with Gasteiger partial charge in [-0.1, -0.05) is 17.8 Å². The van der Waals surface area contributed by atoms with Crippen molar-refractivity contribution >= 4 is 41.2 Å². The first kappa shape index (κ1) is 16.5. The standard InChI is InChI=1S/C16H16N4O2S2/c1-11(15(21)17-10-12-4-2-8-22-12)24-16-18-14(19-20-16)7-6-13-5-3-9-23-13/h2-9,11H,10H2,1H3,(H,17,21)(H,18,19,20)/b7-6+. The number of thiophene rings is 1. The van der Waals surface area contributed by atoms with Crippen LogP contribution in [0.25, 0.3) is 12.2 Å². The number of carbonyl (C=O) groups excluding carboxylic acids is 1. The van der Waals surface area contributed by atoms with Crippen LogP contribution in [0.1, 0.15) is 23.4 Å². The third-order valence-electron chi connectivity index (χ3n) is 3.10. The van der Waals surface area contributed by atoms with E-state index in [1.807, 2.05) is 42.7 Å². The molecule has 1 unspecified atom stereocenters. The van der Waals surface area contributed by atoms with Crippen molar-refractivity contribution in [3.05, 3.63) is 52.4 Å². The number of hydrogen-bond acceptors (Lipinski definition) is 6. The Morgan fingerprint density at radius 3 is 3.12 bits per heavy atom. The van der Waals surface area contributed by atoms with E-state index in [4.69, 9.17) is 4.42 Å². The molecule has 0 radical (unpaired) electrons. The van der Waals surface area contributed by atoms with Crippen LogP contribution in [0.4, 0.5) is 0 Å². The monoisotopic (exact) mass is 360 g/mol. The van der Waals surface area contributed by atoms with E-state index in [2.05, 4.69) is 20.5 Å². The van der Waals surface area contributed by atoms with Crippen molar-refractivity contribution in [3.63, 3.8) is 0 Å². The summed E-state index contributed by atoms with van der Waals surface area (Å²) in [5, 5.41) is 12.1. The lowest BCUT2D eigenvalue weighted by Gasteiger charge is -2.08. The molecule has 24 heavy (non-hydrogen) atoms. The highest BCUT2D eigenvalue weighted by atomic mass is 32.2. The Hall–Kier alpha value is -2.32. The first-order chi connectivity index (χ1) is 11.7. The lowest BCUT2D eigenvalue weighted by molar-refractivity contribution is -0.120. The Bertz CT molecular complexity index is 794. The van der Waals surface area contributed by atoms with Gasteiger partial charge in [0.2, 0.25) is 11.1 Å². The van der Waals surface area contributed by atoms with Gasteiger partial charge in [-0.05, 0) is 42.7 Å². The molecule has 0 saturated carbocycles. The molecule has 0 spiro atoms. The molecule has 0 aliphatic carbocycles. The maximum atomic E-state index is 12.1. The van der Waals surface area contributed by atoms with E-state index in [9.17, 15) is 4.79 Å². The SMILES string of the molecule is CC(Sc1n[nH]c(/C=C/c2cccs2)n1)C(=O)NCc1ccco1. The third-order valence-corrected chi connectivity index (χ3v) is 4.90. The fourth-order valence-electron chi connectivity index (χ4n) is 1.88. The molecule has 0 aromatic carbocycles. The average molecular weight is 360 g/mol. The predicted molar refractivity (Wildman–Crippen MR) is 95.5 cm³/mol. The largest absolute Gasteiger partial charge is 0.467 e. The van der Waals surface area contributed by atoms with Crippen LogP contribution >= 0.6 is 23.1 Å². The first-order valence-corrected chi connectivity index (χ1v) is 9.07. The second-order valence-electron chi connectivity index (χ2n) is 4.91. The Morgan fingerprint density at radius 2 is 2.38 bits per heavy atom. The number of aromatic nitrogens is 3. The maximum Gasteiger partial charge on any atom is 0.233 e. The van der Waals surface area contributed by atoms with Gasteiger partial charge < -0.3 is 9.73 Å². The van der Waals surface area contributed by atoms with Crippen LogP contribution < -0.4 is 5.32 Å². The van der Waals surface area contributed by atoms with E-state index in [0.717, 1.165) is 10.6 Å². The van der Waals surface area contributed by atoms with Crippen LogP contribution in [0, 0.1) is 0 Å². The van der Waals surface area contributed by atoms with E-state index >= 15 is 0 Å². The van der Waals surface area contributed by atoms with Crippen LogP contribution in [0.15, 0.2) is 45.5 Å². The Labute approximate surface area is 147 Å². The number of H-pyrrole nitrogens is 1. The molecule has 8 heteroatoms. The van der Waals surface area contributed by atoms with Crippen molar-refractivity contribution in [2.75, 3.05) is 0 Å². The van der Waals surface area contributed by atoms with Crippen LogP contribution in [-0.2, 0) is 11.3 Å². The van der Waals surface area contributed by atoms with E-state index in [0.29, 0.717) is 17.5 Å². The molecular weight excluding hydrogens is 344 g/mol. The molecule has 1 atom stereocenters. The molecule has 3 aromatic heterocycles. The van der Waals surface area contributed by atoms with E-state index in [1.165, 1.54) is 11.8 Å². The fourth-order valence-corrected chi connectivity index (χ4v) is 3.25. The molecule has 1 amide bonds. The van der Waals surface area contributed by atoms with Crippen molar-refractivity contribution in [2.45, 2.75) is 23.9 Å². The lowest BCUT2D eigenvalue weighted by atomic mass is 10.4. The number of carbonyl (C=O) groups is 1. The van der Waals surface area contributed by atoms with Crippen molar-refractivity contribution in [3.8, 4) is 0 Å². The molecule has 0 bridgehead atoms. The number of hydrogen-bond donors (Lipinski definition) is 2. The minimum Gasteiger partial charge on any atom is -0.467 e. The summed E-state index contributed by atoms with van der Waals surface area (Å²) in [4.78, 5) is 17.6. The topological polar surface area (TPSA) is 83.8 Å². The van der Waals surface area contributed by atoms with Crippen LogP contribution in [0.5, 0.6) is 0 Å². The Morgan fingerprint density at radius 1 is 1.46 bits per heavy atom. The van der Waals surface area contributed by atoms with Gasteiger partial charge in [0.15, 0.2) is 0 Å². The highest BCUT2D eigenvalue weighted by Gasteiger charge is 2.16. The molecule has 6 nitrogen and oxygen atoms in total. The van der Waals surface area contributed by atoms with Crippen molar-refractivity contribution in [2.24, 2.45) is 0 Å². The molecule has 124 valence electrons. The van der Waals surface area contributed by atoms with Gasteiger partial charge >= 0.3 is 0 Å². The number of amides is 1. The highest BCUT2D eigenvalue weighted by Crippen LogP contribution is 2.20. The third kappa shape index (κ3) is 4.59. The minimum absolute atomic E-state index is 0.0862. The van der Waals surface area contributed by atoms with Gasteiger partial charge in [0, 0.05) is 4.88 Å². The fraction of sp³-hybridized carbons (Fsp3) is 0.188. The number of rotatable bonds is 7. The van der Waals surface area contributed by atoms with Crippen LogP contribution in [0.2, 0.25) is 0 Å². The molecule has 0 aliphatic rings. The maximum absolute atomic E-state index is 12.1. The molecular formula is C16H16N4O2S2. The Kier molecular flexibility index (Phi) is 5.50. The van der Waals surface area contributed by atoms with Crippen LogP contribution in [0.3, 0.4) is 0 Å². The number of nitrogens with zero attached hydrogens (tertiary/aromatic N) is 2. The van der Waals surface area contributed by atoms with Crippen LogP contribution in [-0.4, -0.2) is 26.3 Å². The van der Waals surface area contributed by atoms with Crippen molar-refractivity contribution in [1.29, 1.82) is 0 Å². The zero-order valence-electron chi connectivity index (χ0n) is 12.9. The quantitative estimate of drug-likeness (QED) is 0.631. The predicted octanol–water partition coefficient (Wildman–Crippen LogP) is 3.43. The second-order valence-corrected chi connectivity index (χ2v) is 7.20. The van der Waals surface area contributed by atoms with Gasteiger partial charge in [-0.15, -0.1) is 16.4 Å². The Balaban J connectivity index is 1.51. The molecule has 0 saturated heterocycles. The number of nitrogens with one attached hydrogen (secondary N) is 2. The second kappa shape index (κ2) is 7.98. The van der Waals surface area contributed by atoms with Crippen molar-refractivity contribution in [1.82, 2.24) is 20.5 Å². The summed E-state index contributed by atoms with van der Waals surface area (Å²) >= 11 is 2.96. The molecule has 2 N–H and O–H groups in total. The van der Waals surface area contributed by atoms with E-state index < -0.39 is 0 Å². The van der Waals surface area contributed by atoms with Crippen molar-refractivity contribution < 1.29 is 9.21 Å². The zero-order chi connectivity index (χ0) is 16.8. The molecule has 3 heterocycles. The number of furan rings is 1. The highest BCUT2D eigenvalue weighted by molar-refractivity contribution is 8.00. The lowest BCUT2D eigenvalue weighted by Crippen LogP contribution is -2.30. The smallest absolute Gasteiger partial charge is 0.233 e. The van der Waals surface area contributed by atoms with Gasteiger partial charge in [-0.3, -0.25) is 9.89 Å². The summed E-state index contributed by atoms with van der Waals surface area (Å²) in [5.41, 5.74) is 0. The van der Waals surface area contributed by atoms with Gasteiger partial charge in [-0.25, -0.2) is 4.98 Å². The normalized spacial score (nSPS) is 12.5. The van der Waals surface area contributed by atoms with Gasteiger partial charge in [0.1, 0.15) is 11.6 Å². The summed E-state index contributed by atoms with van der Waals surface area (Å²) in [6, 6.07) is 7.63. The summed E-state index contributed by atoms with van der Waals surface area (Å²) in [7, 11) is 0. The van der Waals surface area contributed by atoms with Gasteiger partial charge in [0.25, 0.3) is 0 Å². The number of thioether (sulfide) groups is 1. The van der Waals surface area contributed by atoms with Gasteiger partial charge in [-0.2, -0.15) is 0 Å². The van der Waals surface area contributed by atoms with E-state index in [1.54, 1.807) is 23.7 Å². The molecule has 3 aromatic rings. The average Bonchev–Trinajstić information content (AvgIpc) is 3.32. The minimum atomic E-state index is -0.301. The molecule has 3 rings (SSSR count).